The minimum Gasteiger partial charge on any atom is -0.480 e. The summed E-state index contributed by atoms with van der Waals surface area (Å²) in [4.78, 5) is 24.7. The van der Waals surface area contributed by atoms with Crippen molar-refractivity contribution in [3.05, 3.63) is 29.6 Å². The van der Waals surface area contributed by atoms with Crippen molar-refractivity contribution in [3.8, 4) is 0 Å². The smallest absolute Gasteiger partial charge is 0.326 e. The lowest BCUT2D eigenvalue weighted by molar-refractivity contribution is -0.140. The summed E-state index contributed by atoms with van der Waals surface area (Å²) in [6.45, 7) is 3.86. The Morgan fingerprint density at radius 1 is 1.40 bits per heavy atom. The number of aliphatic carboxylic acids is 1. The van der Waals surface area contributed by atoms with Crippen LogP contribution in [-0.2, 0) is 11.2 Å². The molecule has 1 aliphatic heterocycles. The number of amides is 2. The highest BCUT2D eigenvalue weighted by Gasteiger charge is 2.30. The molecule has 0 fully saturated rings. The van der Waals surface area contributed by atoms with E-state index in [9.17, 15) is 14.0 Å². The number of hydrogen-bond acceptors (Lipinski definition) is 2. The van der Waals surface area contributed by atoms with Crippen LogP contribution in [0.15, 0.2) is 18.2 Å². The number of benzene rings is 1. The van der Waals surface area contributed by atoms with E-state index in [4.69, 9.17) is 5.11 Å². The minimum atomic E-state index is -1.08. The van der Waals surface area contributed by atoms with Crippen molar-refractivity contribution in [2.24, 2.45) is 5.92 Å². The molecule has 20 heavy (non-hydrogen) atoms. The third-order valence-corrected chi connectivity index (χ3v) is 3.40. The van der Waals surface area contributed by atoms with E-state index >= 15 is 0 Å². The van der Waals surface area contributed by atoms with Gasteiger partial charge in [0.05, 0.1) is 5.69 Å². The number of halogens is 1. The van der Waals surface area contributed by atoms with Crippen LogP contribution in [-0.4, -0.2) is 29.7 Å². The maximum absolute atomic E-state index is 13.3. The van der Waals surface area contributed by atoms with Gasteiger partial charge in [0.15, 0.2) is 0 Å². The Labute approximate surface area is 116 Å². The van der Waals surface area contributed by atoms with Gasteiger partial charge in [0.25, 0.3) is 0 Å². The molecule has 6 heteroatoms. The Balaban J connectivity index is 2.16. The Hall–Kier alpha value is -2.11. The van der Waals surface area contributed by atoms with E-state index in [-0.39, 0.29) is 5.92 Å². The fourth-order valence-electron chi connectivity index (χ4n) is 2.29. The minimum absolute atomic E-state index is 0.231. The molecule has 5 nitrogen and oxygen atoms in total. The van der Waals surface area contributed by atoms with Crippen LogP contribution in [0.25, 0.3) is 0 Å². The Morgan fingerprint density at radius 3 is 2.70 bits per heavy atom. The van der Waals surface area contributed by atoms with E-state index < -0.39 is 23.9 Å². The first-order valence-corrected chi connectivity index (χ1v) is 6.49. The van der Waals surface area contributed by atoms with Crippen molar-refractivity contribution in [2.75, 3.05) is 11.4 Å². The summed E-state index contributed by atoms with van der Waals surface area (Å²) in [5.41, 5.74) is 1.40. The highest BCUT2D eigenvalue weighted by molar-refractivity contribution is 5.96. The van der Waals surface area contributed by atoms with Gasteiger partial charge in [-0.05, 0) is 30.0 Å². The molecule has 108 valence electrons. The monoisotopic (exact) mass is 280 g/mol. The SMILES string of the molecule is CC(C)C(NC(=O)N1CCc2ccc(F)cc21)C(=O)O. The first kappa shape index (κ1) is 14.3. The van der Waals surface area contributed by atoms with E-state index in [1.807, 2.05) is 0 Å². The van der Waals surface area contributed by atoms with E-state index in [0.29, 0.717) is 18.7 Å². The second-order valence-corrected chi connectivity index (χ2v) is 5.18. The molecule has 0 saturated heterocycles. The lowest BCUT2D eigenvalue weighted by Crippen LogP contribution is -2.49. The summed E-state index contributed by atoms with van der Waals surface area (Å²) in [5, 5.41) is 11.6. The molecule has 0 radical (unpaired) electrons. The number of carbonyl (C=O) groups is 2. The van der Waals surface area contributed by atoms with Gasteiger partial charge in [-0.1, -0.05) is 19.9 Å². The molecule has 2 amide bonds. The zero-order chi connectivity index (χ0) is 14.9. The van der Waals surface area contributed by atoms with Gasteiger partial charge in [0, 0.05) is 6.54 Å². The van der Waals surface area contributed by atoms with Crippen LogP contribution in [0.3, 0.4) is 0 Å². The number of nitrogens with one attached hydrogen (secondary N) is 1. The van der Waals surface area contributed by atoms with Crippen LogP contribution in [0.2, 0.25) is 0 Å². The molecule has 1 aromatic carbocycles. The van der Waals surface area contributed by atoms with Gasteiger partial charge < -0.3 is 10.4 Å². The number of rotatable bonds is 3. The Morgan fingerprint density at radius 2 is 2.10 bits per heavy atom. The van der Waals surface area contributed by atoms with Crippen LogP contribution < -0.4 is 10.2 Å². The topological polar surface area (TPSA) is 69.6 Å². The van der Waals surface area contributed by atoms with Crippen molar-refractivity contribution >= 4 is 17.7 Å². The molecular formula is C14H17FN2O3. The molecule has 0 spiro atoms. The quantitative estimate of drug-likeness (QED) is 0.889. The molecule has 0 saturated carbocycles. The number of carboxylic acids is 1. The molecule has 2 N–H and O–H groups in total. The zero-order valence-electron chi connectivity index (χ0n) is 11.4. The largest absolute Gasteiger partial charge is 0.480 e. The van der Waals surface area contributed by atoms with Gasteiger partial charge in [0.1, 0.15) is 11.9 Å². The Bertz CT molecular complexity index is 545. The highest BCUT2D eigenvalue weighted by atomic mass is 19.1. The van der Waals surface area contributed by atoms with E-state index in [0.717, 1.165) is 5.56 Å². The molecule has 1 heterocycles. The molecule has 1 unspecified atom stereocenters. The van der Waals surface area contributed by atoms with Gasteiger partial charge in [-0.2, -0.15) is 0 Å². The van der Waals surface area contributed by atoms with Crippen molar-refractivity contribution in [1.29, 1.82) is 0 Å². The third kappa shape index (κ3) is 2.74. The molecule has 0 aromatic heterocycles. The average Bonchev–Trinajstić information content (AvgIpc) is 2.77. The van der Waals surface area contributed by atoms with Crippen LogP contribution >= 0.6 is 0 Å². The first-order chi connectivity index (χ1) is 9.40. The molecule has 0 aliphatic carbocycles. The van der Waals surface area contributed by atoms with Gasteiger partial charge in [0.2, 0.25) is 0 Å². The first-order valence-electron chi connectivity index (χ1n) is 6.49. The molecule has 1 atom stereocenters. The van der Waals surface area contributed by atoms with Crippen molar-refractivity contribution < 1.29 is 19.1 Å². The third-order valence-electron chi connectivity index (χ3n) is 3.40. The van der Waals surface area contributed by atoms with Gasteiger partial charge >= 0.3 is 12.0 Å². The summed E-state index contributed by atoms with van der Waals surface area (Å²) in [7, 11) is 0. The number of anilines is 1. The predicted molar refractivity (Wildman–Crippen MR) is 72.2 cm³/mol. The van der Waals surface area contributed by atoms with Crippen LogP contribution in [0.1, 0.15) is 19.4 Å². The fraction of sp³-hybridized carbons (Fsp3) is 0.429. The summed E-state index contributed by atoms with van der Waals surface area (Å²) < 4.78 is 13.3. The van der Waals surface area contributed by atoms with E-state index in [2.05, 4.69) is 5.32 Å². The second kappa shape index (κ2) is 5.48. The molecule has 0 bridgehead atoms. The normalized spacial score (nSPS) is 15.1. The summed E-state index contributed by atoms with van der Waals surface area (Å²) in [5.74, 6) is -1.72. The zero-order valence-corrected chi connectivity index (χ0v) is 11.4. The summed E-state index contributed by atoms with van der Waals surface area (Å²) in [6.07, 6.45) is 0.641. The van der Waals surface area contributed by atoms with Crippen LogP contribution in [0.4, 0.5) is 14.9 Å². The highest BCUT2D eigenvalue weighted by Crippen LogP contribution is 2.28. The van der Waals surface area contributed by atoms with Crippen molar-refractivity contribution in [2.45, 2.75) is 26.3 Å². The maximum Gasteiger partial charge on any atom is 0.326 e. The van der Waals surface area contributed by atoms with Gasteiger partial charge in [-0.15, -0.1) is 0 Å². The average molecular weight is 280 g/mol. The molecule has 2 rings (SSSR count). The van der Waals surface area contributed by atoms with Gasteiger partial charge in [-0.25, -0.2) is 14.0 Å². The number of hydrogen-bond donors (Lipinski definition) is 2. The van der Waals surface area contributed by atoms with Crippen LogP contribution in [0, 0.1) is 11.7 Å². The van der Waals surface area contributed by atoms with Crippen molar-refractivity contribution in [3.63, 3.8) is 0 Å². The lowest BCUT2D eigenvalue weighted by atomic mass is 10.1. The summed E-state index contributed by atoms with van der Waals surface area (Å²) >= 11 is 0. The van der Waals surface area contributed by atoms with E-state index in [1.165, 1.54) is 17.0 Å². The van der Waals surface area contributed by atoms with Crippen molar-refractivity contribution in [1.82, 2.24) is 5.32 Å². The molecule has 1 aromatic rings. The number of carboxylic acid groups (broad SMARTS) is 1. The van der Waals surface area contributed by atoms with E-state index in [1.54, 1.807) is 19.9 Å². The molecule has 1 aliphatic rings. The molecular weight excluding hydrogens is 263 g/mol. The predicted octanol–water partition coefficient (Wildman–Crippen LogP) is 2.01. The number of nitrogens with zero attached hydrogens (tertiary/aromatic N) is 1. The lowest BCUT2D eigenvalue weighted by Gasteiger charge is -2.23. The van der Waals surface area contributed by atoms with Crippen LogP contribution in [0.5, 0.6) is 0 Å². The summed E-state index contributed by atoms with van der Waals surface area (Å²) in [6, 6.07) is 2.84. The standard InChI is InChI=1S/C14H17FN2O3/c1-8(2)12(13(18)19)16-14(20)17-6-5-9-3-4-10(15)7-11(9)17/h3-4,7-8,12H,5-6H2,1-2H3,(H,16,20)(H,18,19). The Kier molecular flexibility index (Phi) is 3.92. The van der Waals surface area contributed by atoms with Gasteiger partial charge in [-0.3, -0.25) is 4.90 Å². The number of carbonyl (C=O) groups excluding carboxylic acids is 1. The second-order valence-electron chi connectivity index (χ2n) is 5.18. The maximum atomic E-state index is 13.3. The number of urea groups is 1. The number of fused-ring (bicyclic) bond motifs is 1. The fourth-order valence-corrected chi connectivity index (χ4v) is 2.29.